The average Bonchev–Trinajstić information content (AvgIpc) is 3.19. The zero-order valence-corrected chi connectivity index (χ0v) is 15.6. The smallest absolute Gasteiger partial charge is 0.246 e. The minimum absolute atomic E-state index is 0.0253. The first-order valence-corrected chi connectivity index (χ1v) is 8.79. The Balaban J connectivity index is 1.65. The first kappa shape index (κ1) is 18.1. The summed E-state index contributed by atoms with van der Waals surface area (Å²) >= 11 is 0. The van der Waals surface area contributed by atoms with Crippen LogP contribution < -0.4 is 4.90 Å². The summed E-state index contributed by atoms with van der Waals surface area (Å²) in [7, 11) is 1.69. The van der Waals surface area contributed by atoms with Gasteiger partial charge in [0.1, 0.15) is 0 Å². The minimum Gasteiger partial charge on any atom is -0.337 e. The summed E-state index contributed by atoms with van der Waals surface area (Å²) < 4.78 is 5.06. The number of hydrogen-bond acceptors (Lipinski definition) is 5. The van der Waals surface area contributed by atoms with E-state index in [4.69, 9.17) is 4.52 Å². The zero-order valence-electron chi connectivity index (χ0n) is 15.6. The second-order valence-corrected chi connectivity index (χ2v) is 7.08. The molecule has 26 heavy (non-hydrogen) atoms. The first-order valence-electron chi connectivity index (χ1n) is 8.79. The molecule has 138 valence electrons. The van der Waals surface area contributed by atoms with Gasteiger partial charge >= 0.3 is 0 Å². The van der Waals surface area contributed by atoms with Gasteiger partial charge < -0.3 is 14.3 Å². The Kier molecular flexibility index (Phi) is 5.06. The standard InChI is InChI=1S/C19H24N4O3/c1-12(2)14-5-7-16(8-6-14)23-10-15(9-18(23)24)19(25)22(4)11-17-20-13(3)21-26-17/h5-8,12,15H,9-11H2,1-4H3. The molecule has 1 fully saturated rings. The third-order valence-corrected chi connectivity index (χ3v) is 4.66. The molecule has 3 rings (SSSR count). The van der Waals surface area contributed by atoms with Crippen molar-refractivity contribution in [2.24, 2.45) is 5.92 Å². The van der Waals surface area contributed by atoms with Crippen LogP contribution in [-0.2, 0) is 16.1 Å². The Hall–Kier alpha value is -2.70. The van der Waals surface area contributed by atoms with Gasteiger partial charge in [0, 0.05) is 25.7 Å². The number of aryl methyl sites for hydroxylation is 1. The summed E-state index contributed by atoms with van der Waals surface area (Å²) in [6.07, 6.45) is 0.220. The zero-order chi connectivity index (χ0) is 18.8. The van der Waals surface area contributed by atoms with Crippen LogP contribution in [0.25, 0.3) is 0 Å². The van der Waals surface area contributed by atoms with E-state index in [-0.39, 0.29) is 30.7 Å². The molecule has 0 aliphatic carbocycles. The van der Waals surface area contributed by atoms with Crippen LogP contribution >= 0.6 is 0 Å². The van der Waals surface area contributed by atoms with Crippen LogP contribution in [-0.4, -0.2) is 40.4 Å². The van der Waals surface area contributed by atoms with Crippen molar-refractivity contribution in [3.8, 4) is 0 Å². The molecule has 1 aromatic carbocycles. The van der Waals surface area contributed by atoms with E-state index in [1.54, 1.807) is 18.9 Å². The lowest BCUT2D eigenvalue weighted by Crippen LogP contribution is -2.34. The third-order valence-electron chi connectivity index (χ3n) is 4.66. The molecule has 0 bridgehead atoms. The summed E-state index contributed by atoms with van der Waals surface area (Å²) in [6.45, 7) is 6.63. The summed E-state index contributed by atoms with van der Waals surface area (Å²) in [5.41, 5.74) is 2.06. The van der Waals surface area contributed by atoms with Gasteiger partial charge in [-0.05, 0) is 30.5 Å². The van der Waals surface area contributed by atoms with Gasteiger partial charge in [-0.25, -0.2) is 0 Å². The third kappa shape index (κ3) is 3.76. The van der Waals surface area contributed by atoms with Gasteiger partial charge in [-0.1, -0.05) is 31.1 Å². The number of aromatic nitrogens is 2. The van der Waals surface area contributed by atoms with Gasteiger partial charge in [0.25, 0.3) is 0 Å². The Morgan fingerprint density at radius 2 is 2.04 bits per heavy atom. The molecule has 7 nitrogen and oxygen atoms in total. The predicted octanol–water partition coefficient (Wildman–Crippen LogP) is 2.51. The van der Waals surface area contributed by atoms with Crippen LogP contribution in [0.15, 0.2) is 28.8 Å². The summed E-state index contributed by atoms with van der Waals surface area (Å²) in [6, 6.07) is 7.97. The maximum absolute atomic E-state index is 12.7. The topological polar surface area (TPSA) is 79.5 Å². The van der Waals surface area contributed by atoms with E-state index in [2.05, 4.69) is 24.0 Å². The Morgan fingerprint density at radius 3 is 2.62 bits per heavy atom. The van der Waals surface area contributed by atoms with E-state index in [0.29, 0.717) is 24.2 Å². The van der Waals surface area contributed by atoms with Crippen LogP contribution in [0.3, 0.4) is 0 Å². The van der Waals surface area contributed by atoms with Gasteiger partial charge in [0.05, 0.1) is 12.5 Å². The van der Waals surface area contributed by atoms with Crippen molar-refractivity contribution in [1.82, 2.24) is 15.0 Å². The van der Waals surface area contributed by atoms with Crippen molar-refractivity contribution >= 4 is 17.5 Å². The molecule has 2 heterocycles. The second-order valence-electron chi connectivity index (χ2n) is 7.08. The Labute approximate surface area is 153 Å². The molecule has 1 saturated heterocycles. The molecule has 1 atom stereocenters. The highest BCUT2D eigenvalue weighted by molar-refractivity contribution is 6.00. The number of carbonyl (C=O) groups is 2. The van der Waals surface area contributed by atoms with E-state index < -0.39 is 0 Å². The van der Waals surface area contributed by atoms with Crippen LogP contribution in [0.1, 0.15) is 43.5 Å². The van der Waals surface area contributed by atoms with Crippen molar-refractivity contribution in [2.45, 2.75) is 39.7 Å². The molecule has 0 N–H and O–H groups in total. The minimum atomic E-state index is -0.360. The molecule has 1 aromatic heterocycles. The van der Waals surface area contributed by atoms with E-state index in [9.17, 15) is 9.59 Å². The van der Waals surface area contributed by atoms with Crippen LogP contribution in [0.4, 0.5) is 5.69 Å². The number of nitrogens with zero attached hydrogens (tertiary/aromatic N) is 4. The highest BCUT2D eigenvalue weighted by Crippen LogP contribution is 2.28. The summed E-state index contributed by atoms with van der Waals surface area (Å²) in [5, 5.41) is 3.72. The number of amides is 2. The van der Waals surface area contributed by atoms with Gasteiger partial charge in [-0.2, -0.15) is 4.98 Å². The molecule has 7 heteroatoms. The predicted molar refractivity (Wildman–Crippen MR) is 96.5 cm³/mol. The Morgan fingerprint density at radius 1 is 1.35 bits per heavy atom. The number of benzene rings is 1. The largest absolute Gasteiger partial charge is 0.337 e. The number of rotatable bonds is 5. The lowest BCUT2D eigenvalue weighted by Gasteiger charge is -2.20. The van der Waals surface area contributed by atoms with Crippen molar-refractivity contribution < 1.29 is 14.1 Å². The molecule has 0 radical (unpaired) electrons. The van der Waals surface area contributed by atoms with Crippen LogP contribution in [0, 0.1) is 12.8 Å². The van der Waals surface area contributed by atoms with Crippen molar-refractivity contribution in [3.05, 3.63) is 41.5 Å². The van der Waals surface area contributed by atoms with E-state index in [1.165, 1.54) is 10.5 Å². The van der Waals surface area contributed by atoms with Crippen molar-refractivity contribution in [3.63, 3.8) is 0 Å². The lowest BCUT2D eigenvalue weighted by molar-refractivity contribution is -0.135. The molecule has 0 saturated carbocycles. The lowest BCUT2D eigenvalue weighted by atomic mass is 10.0. The molecule has 1 unspecified atom stereocenters. The van der Waals surface area contributed by atoms with Crippen molar-refractivity contribution in [2.75, 3.05) is 18.5 Å². The Bertz CT molecular complexity index is 797. The molecule has 2 amide bonds. The van der Waals surface area contributed by atoms with Gasteiger partial charge in [-0.3, -0.25) is 9.59 Å². The van der Waals surface area contributed by atoms with Gasteiger partial charge in [-0.15, -0.1) is 0 Å². The number of hydrogen-bond donors (Lipinski definition) is 0. The van der Waals surface area contributed by atoms with Crippen LogP contribution in [0.5, 0.6) is 0 Å². The highest BCUT2D eigenvalue weighted by atomic mass is 16.5. The van der Waals surface area contributed by atoms with Gasteiger partial charge in [0.2, 0.25) is 17.7 Å². The SMILES string of the molecule is Cc1noc(CN(C)C(=O)C2CC(=O)N(c3ccc(C(C)C)cc3)C2)n1. The monoisotopic (exact) mass is 356 g/mol. The first-order chi connectivity index (χ1) is 12.3. The number of anilines is 1. The average molecular weight is 356 g/mol. The molecule has 1 aliphatic rings. The quantitative estimate of drug-likeness (QED) is 0.822. The van der Waals surface area contributed by atoms with E-state index in [1.807, 2.05) is 24.3 Å². The maximum atomic E-state index is 12.7. The normalized spacial score (nSPS) is 17.2. The fourth-order valence-corrected chi connectivity index (χ4v) is 3.16. The molecule has 1 aliphatic heterocycles. The maximum Gasteiger partial charge on any atom is 0.246 e. The van der Waals surface area contributed by atoms with Crippen molar-refractivity contribution in [1.29, 1.82) is 0 Å². The molecule has 0 spiro atoms. The molecule has 2 aromatic rings. The van der Waals surface area contributed by atoms with Crippen LogP contribution in [0.2, 0.25) is 0 Å². The van der Waals surface area contributed by atoms with E-state index >= 15 is 0 Å². The summed E-state index contributed by atoms with van der Waals surface area (Å²) in [4.78, 5) is 32.4. The second kappa shape index (κ2) is 7.27. The fraction of sp³-hybridized carbons (Fsp3) is 0.474. The highest BCUT2D eigenvalue weighted by Gasteiger charge is 2.36. The van der Waals surface area contributed by atoms with Gasteiger partial charge in [0.15, 0.2) is 5.82 Å². The molecular weight excluding hydrogens is 332 g/mol. The van der Waals surface area contributed by atoms with E-state index in [0.717, 1.165) is 5.69 Å². The fourth-order valence-electron chi connectivity index (χ4n) is 3.16. The number of carbonyl (C=O) groups excluding carboxylic acids is 2. The molecular formula is C19H24N4O3. The summed E-state index contributed by atoms with van der Waals surface area (Å²) in [5.74, 6) is 0.894.